The molecule has 1 amide bonds. The van der Waals surface area contributed by atoms with Crippen molar-refractivity contribution in [1.29, 1.82) is 0 Å². The van der Waals surface area contributed by atoms with Crippen LogP contribution in [0.5, 0.6) is 0 Å². The van der Waals surface area contributed by atoms with Gasteiger partial charge in [0.15, 0.2) is 5.60 Å². The third-order valence-corrected chi connectivity index (χ3v) is 8.67. The van der Waals surface area contributed by atoms with Gasteiger partial charge in [0.25, 0.3) is 5.56 Å². The van der Waals surface area contributed by atoms with Crippen LogP contribution in [0.4, 0.5) is 4.39 Å². The van der Waals surface area contributed by atoms with Crippen LogP contribution in [0, 0.1) is 5.82 Å². The number of halogens is 2. The summed E-state index contributed by atoms with van der Waals surface area (Å²) in [4.78, 5) is 44.3. The molecule has 6 rings (SSSR count). The topological polar surface area (TPSA) is 120 Å². The number of amides is 1. The molecular formula is C30H31ClFN3O6. The van der Waals surface area contributed by atoms with Crippen LogP contribution in [-0.4, -0.2) is 38.2 Å². The molecule has 0 bridgehead atoms. The van der Waals surface area contributed by atoms with Gasteiger partial charge >= 0.3 is 5.97 Å². The minimum absolute atomic E-state index is 0.0149. The Bertz CT molecular complexity index is 1730. The molecule has 0 fully saturated rings. The van der Waals surface area contributed by atoms with E-state index in [1.807, 2.05) is 20.8 Å². The van der Waals surface area contributed by atoms with E-state index in [0.29, 0.717) is 46.3 Å². The van der Waals surface area contributed by atoms with Crippen molar-refractivity contribution in [3.63, 3.8) is 0 Å². The molecule has 3 atom stereocenters. The van der Waals surface area contributed by atoms with Crippen LogP contribution in [0.1, 0.15) is 81.3 Å². The monoisotopic (exact) mass is 583 g/mol. The number of carbonyl (C=O) groups is 2. The summed E-state index contributed by atoms with van der Waals surface area (Å²) >= 11 is 6.43. The molecule has 2 N–H and O–H groups in total. The van der Waals surface area contributed by atoms with E-state index in [2.05, 4.69) is 5.32 Å². The van der Waals surface area contributed by atoms with Gasteiger partial charge in [-0.05, 0) is 64.2 Å². The molecule has 11 heteroatoms. The number of nitrogens with zero attached hydrogens (tertiary/aromatic N) is 2. The van der Waals surface area contributed by atoms with E-state index < -0.39 is 40.7 Å². The Kier molecular flexibility index (Phi) is 6.33. The first kappa shape index (κ1) is 27.8. The number of esters is 1. The van der Waals surface area contributed by atoms with E-state index in [-0.39, 0.29) is 41.6 Å². The van der Waals surface area contributed by atoms with Gasteiger partial charge in [-0.1, -0.05) is 18.5 Å². The van der Waals surface area contributed by atoms with Gasteiger partial charge in [0, 0.05) is 22.6 Å². The van der Waals surface area contributed by atoms with E-state index >= 15 is 0 Å². The molecule has 4 heterocycles. The molecule has 3 aromatic rings. The highest BCUT2D eigenvalue weighted by Gasteiger charge is 2.46. The minimum Gasteiger partial charge on any atom is -0.458 e. The van der Waals surface area contributed by atoms with E-state index in [0.717, 1.165) is 5.56 Å². The molecule has 2 aliphatic heterocycles. The fourth-order valence-electron chi connectivity index (χ4n) is 6.37. The Morgan fingerprint density at radius 1 is 1.32 bits per heavy atom. The number of aryl methyl sites for hydroxylation is 1. The molecule has 1 aliphatic carbocycles. The number of ether oxygens (including phenoxy) is 2. The summed E-state index contributed by atoms with van der Waals surface area (Å²) in [7, 11) is 0. The van der Waals surface area contributed by atoms with Crippen molar-refractivity contribution in [2.75, 3.05) is 0 Å². The maximum Gasteiger partial charge on any atom is 0.343 e. The number of rotatable bonds is 4. The Labute approximate surface area is 240 Å². The molecule has 216 valence electrons. The summed E-state index contributed by atoms with van der Waals surface area (Å²) in [5.74, 6) is -1.72. The minimum atomic E-state index is -1.97. The third kappa shape index (κ3) is 4.18. The van der Waals surface area contributed by atoms with Crippen LogP contribution in [-0.2, 0) is 44.2 Å². The molecule has 1 aromatic carbocycles. The summed E-state index contributed by atoms with van der Waals surface area (Å²) in [5, 5.41) is 15.0. The number of cyclic esters (lactones) is 1. The number of carbonyl (C=O) groups excluding carboxylic acids is 2. The summed E-state index contributed by atoms with van der Waals surface area (Å²) in [5.41, 5.74) is 0.704. The zero-order chi connectivity index (χ0) is 29.6. The first-order valence-electron chi connectivity index (χ1n) is 13.7. The van der Waals surface area contributed by atoms with Crippen LogP contribution in [0.3, 0.4) is 0 Å². The highest BCUT2D eigenvalue weighted by Crippen LogP contribution is 2.46. The lowest BCUT2D eigenvalue weighted by molar-refractivity contribution is -0.172. The van der Waals surface area contributed by atoms with Crippen molar-refractivity contribution in [2.24, 2.45) is 0 Å². The van der Waals surface area contributed by atoms with Crippen LogP contribution in [0.2, 0.25) is 5.02 Å². The predicted molar refractivity (Wildman–Crippen MR) is 149 cm³/mol. The summed E-state index contributed by atoms with van der Waals surface area (Å²) < 4.78 is 27.5. The lowest BCUT2D eigenvalue weighted by Crippen LogP contribution is -2.44. The average molecular weight is 584 g/mol. The van der Waals surface area contributed by atoms with Gasteiger partial charge in [0.05, 0.1) is 45.7 Å². The highest BCUT2D eigenvalue weighted by atomic mass is 35.5. The molecule has 0 saturated heterocycles. The predicted octanol–water partition coefficient (Wildman–Crippen LogP) is 4.18. The van der Waals surface area contributed by atoms with E-state index in [1.165, 1.54) is 10.6 Å². The summed E-state index contributed by atoms with van der Waals surface area (Å²) in [6, 6.07) is 2.40. The van der Waals surface area contributed by atoms with Gasteiger partial charge in [0.1, 0.15) is 18.5 Å². The number of pyridine rings is 2. The SMILES string of the molecule is CC[C@@]1(O)C(=O)OCc2c1cc1n(c2=O)Cc2c-1nc1cc(F)c(Cl)c3c1c2[C@@H](NC(=O)[C@@H](C)OC(C)(C)C)CC3. The fourth-order valence-corrected chi connectivity index (χ4v) is 6.62. The zero-order valence-corrected chi connectivity index (χ0v) is 24.2. The van der Waals surface area contributed by atoms with E-state index in [4.69, 9.17) is 26.1 Å². The van der Waals surface area contributed by atoms with Gasteiger partial charge in [-0.15, -0.1) is 0 Å². The maximum absolute atomic E-state index is 15.0. The average Bonchev–Trinajstić information content (AvgIpc) is 3.28. The van der Waals surface area contributed by atoms with Crippen molar-refractivity contribution in [3.8, 4) is 11.4 Å². The molecular weight excluding hydrogens is 553 g/mol. The highest BCUT2D eigenvalue weighted by molar-refractivity contribution is 6.32. The van der Waals surface area contributed by atoms with Crippen LogP contribution in [0.25, 0.3) is 22.3 Å². The number of nitrogens with one attached hydrogen (secondary N) is 1. The first-order valence-corrected chi connectivity index (χ1v) is 14.1. The molecule has 0 spiro atoms. The second kappa shape index (κ2) is 9.34. The third-order valence-electron chi connectivity index (χ3n) is 8.26. The van der Waals surface area contributed by atoms with Crippen molar-refractivity contribution in [2.45, 2.75) is 90.4 Å². The number of benzene rings is 1. The molecule has 3 aliphatic rings. The van der Waals surface area contributed by atoms with E-state index in [1.54, 1.807) is 19.9 Å². The van der Waals surface area contributed by atoms with Gasteiger partial charge in [-0.2, -0.15) is 0 Å². The fraction of sp³-hybridized carbons (Fsp3) is 0.467. The van der Waals surface area contributed by atoms with Gasteiger partial charge < -0.3 is 24.5 Å². The van der Waals surface area contributed by atoms with Crippen molar-refractivity contribution >= 4 is 34.4 Å². The quantitative estimate of drug-likeness (QED) is 0.346. The van der Waals surface area contributed by atoms with Gasteiger partial charge in [0.2, 0.25) is 5.91 Å². The number of aromatic nitrogens is 2. The van der Waals surface area contributed by atoms with Crippen molar-refractivity contribution in [3.05, 3.63) is 61.1 Å². The molecule has 9 nitrogen and oxygen atoms in total. The molecule has 0 radical (unpaired) electrons. The number of hydrogen-bond donors (Lipinski definition) is 2. The molecule has 0 unspecified atom stereocenters. The second-order valence-corrected chi connectivity index (χ2v) is 12.4. The number of hydrogen-bond acceptors (Lipinski definition) is 7. The van der Waals surface area contributed by atoms with Crippen LogP contribution < -0.4 is 10.9 Å². The second-order valence-electron chi connectivity index (χ2n) is 12.0. The zero-order valence-electron chi connectivity index (χ0n) is 23.5. The summed E-state index contributed by atoms with van der Waals surface area (Å²) in [6.07, 6.45) is 0.162. The maximum atomic E-state index is 15.0. The lowest BCUT2D eigenvalue weighted by atomic mass is 9.83. The van der Waals surface area contributed by atoms with Crippen LogP contribution >= 0.6 is 11.6 Å². The Hall–Kier alpha value is -3.34. The lowest BCUT2D eigenvalue weighted by Gasteiger charge is -2.31. The molecule has 0 saturated carbocycles. The Morgan fingerprint density at radius 2 is 2.05 bits per heavy atom. The van der Waals surface area contributed by atoms with Gasteiger partial charge in [-0.3, -0.25) is 9.59 Å². The van der Waals surface area contributed by atoms with E-state index in [9.17, 15) is 23.9 Å². The normalized spacial score (nSPS) is 21.7. The largest absolute Gasteiger partial charge is 0.458 e. The van der Waals surface area contributed by atoms with Gasteiger partial charge in [-0.25, -0.2) is 14.2 Å². The first-order chi connectivity index (χ1) is 19.2. The van der Waals surface area contributed by atoms with Crippen LogP contribution in [0.15, 0.2) is 16.9 Å². The molecule has 41 heavy (non-hydrogen) atoms. The standard InChI is InChI=1S/C30H31ClFN3O6/c1-6-30(39)17-9-21-25-15(11-35(21)27(37)16(17)12-40-28(30)38)23-19(34-26(36)13(2)41-29(3,4)5)8-7-14-22(23)20(33-25)10-18(32)24(14)31/h9-10,13,19,39H,6-8,11-12H2,1-5H3,(H,34,36)/t13-,19+,30+/m1/s1. The Balaban J connectivity index is 1.56. The number of fused-ring (bicyclic) bond motifs is 5. The summed E-state index contributed by atoms with van der Waals surface area (Å²) in [6.45, 7) is 8.83. The molecule has 2 aromatic heterocycles. The smallest absolute Gasteiger partial charge is 0.343 e. The Morgan fingerprint density at radius 3 is 2.73 bits per heavy atom. The van der Waals surface area contributed by atoms with Crippen molar-refractivity contribution in [1.82, 2.24) is 14.9 Å². The number of aliphatic hydroxyl groups is 1. The van der Waals surface area contributed by atoms with Crippen molar-refractivity contribution < 1.29 is 28.6 Å².